The number of likely N-dealkylation sites (N-methyl/N-ethyl adjacent to an activating group) is 1. The second-order valence-corrected chi connectivity index (χ2v) is 4.36. The van der Waals surface area contributed by atoms with Gasteiger partial charge in [-0.25, -0.2) is 0 Å². The third-order valence-electron chi connectivity index (χ3n) is 2.54. The highest BCUT2D eigenvalue weighted by Gasteiger charge is 2.07. The summed E-state index contributed by atoms with van der Waals surface area (Å²) >= 11 is 0. The lowest BCUT2D eigenvalue weighted by molar-refractivity contribution is -0.117. The van der Waals surface area contributed by atoms with E-state index in [4.69, 9.17) is 5.73 Å². The number of amides is 1. The molecular weight excluding hydrogens is 214 g/mol. The molecule has 0 aliphatic heterocycles. The van der Waals surface area contributed by atoms with Crippen molar-refractivity contribution in [2.24, 2.45) is 0 Å². The fourth-order valence-electron chi connectivity index (χ4n) is 1.72. The molecule has 0 saturated carbocycles. The van der Waals surface area contributed by atoms with Crippen LogP contribution in [0.15, 0.2) is 18.2 Å². The van der Waals surface area contributed by atoms with Gasteiger partial charge in [0.05, 0.1) is 6.54 Å². The number of carbonyl (C=O) groups excluding carboxylic acids is 1. The van der Waals surface area contributed by atoms with Crippen LogP contribution < -0.4 is 11.1 Å². The molecule has 0 fully saturated rings. The van der Waals surface area contributed by atoms with Gasteiger partial charge in [-0.1, -0.05) is 6.92 Å². The molecule has 0 atom stereocenters. The van der Waals surface area contributed by atoms with Gasteiger partial charge in [-0.05, 0) is 50.7 Å². The standard InChI is InChI=1S/C13H21N3O/c1-4-7-16(3)9-13(17)15-12-6-5-11(14)8-10(12)2/h5-6,8H,4,7,9,14H2,1-3H3,(H,15,17). The van der Waals surface area contributed by atoms with Gasteiger partial charge in [0.25, 0.3) is 0 Å². The first-order valence-electron chi connectivity index (χ1n) is 5.87. The molecule has 1 aromatic rings. The van der Waals surface area contributed by atoms with Crippen LogP contribution in [0.4, 0.5) is 11.4 Å². The molecule has 1 rings (SSSR count). The van der Waals surface area contributed by atoms with Crippen LogP contribution >= 0.6 is 0 Å². The molecular formula is C13H21N3O. The SMILES string of the molecule is CCCN(C)CC(=O)Nc1ccc(N)cc1C. The summed E-state index contributed by atoms with van der Waals surface area (Å²) in [6.45, 7) is 5.37. The maximum Gasteiger partial charge on any atom is 0.238 e. The van der Waals surface area contributed by atoms with Gasteiger partial charge in [-0.2, -0.15) is 0 Å². The lowest BCUT2D eigenvalue weighted by Crippen LogP contribution is -2.30. The van der Waals surface area contributed by atoms with E-state index in [0.29, 0.717) is 12.2 Å². The van der Waals surface area contributed by atoms with Crippen LogP contribution in [-0.2, 0) is 4.79 Å². The van der Waals surface area contributed by atoms with E-state index in [2.05, 4.69) is 12.2 Å². The predicted molar refractivity (Wildman–Crippen MR) is 72.0 cm³/mol. The van der Waals surface area contributed by atoms with Crippen molar-refractivity contribution >= 4 is 17.3 Å². The van der Waals surface area contributed by atoms with E-state index < -0.39 is 0 Å². The normalized spacial score (nSPS) is 10.6. The Morgan fingerprint density at radius 1 is 1.47 bits per heavy atom. The molecule has 0 bridgehead atoms. The Kier molecular flexibility index (Phi) is 4.97. The lowest BCUT2D eigenvalue weighted by atomic mass is 10.2. The summed E-state index contributed by atoms with van der Waals surface area (Å²) in [7, 11) is 1.94. The second-order valence-electron chi connectivity index (χ2n) is 4.36. The van der Waals surface area contributed by atoms with Gasteiger partial charge >= 0.3 is 0 Å². The molecule has 0 unspecified atom stereocenters. The van der Waals surface area contributed by atoms with E-state index in [1.165, 1.54) is 0 Å². The Morgan fingerprint density at radius 3 is 2.76 bits per heavy atom. The molecule has 1 aromatic carbocycles. The van der Waals surface area contributed by atoms with E-state index in [0.717, 1.165) is 24.2 Å². The Bertz CT molecular complexity index is 390. The van der Waals surface area contributed by atoms with Crippen molar-refractivity contribution in [3.63, 3.8) is 0 Å². The molecule has 0 aromatic heterocycles. The van der Waals surface area contributed by atoms with Crippen molar-refractivity contribution in [1.29, 1.82) is 0 Å². The van der Waals surface area contributed by atoms with E-state index in [9.17, 15) is 4.79 Å². The molecule has 0 saturated heterocycles. The van der Waals surface area contributed by atoms with Crippen LogP contribution in [0.1, 0.15) is 18.9 Å². The predicted octanol–water partition coefficient (Wildman–Crippen LogP) is 1.86. The molecule has 1 amide bonds. The number of carbonyl (C=O) groups is 1. The Balaban J connectivity index is 2.56. The van der Waals surface area contributed by atoms with Crippen LogP contribution in [0.3, 0.4) is 0 Å². The highest BCUT2D eigenvalue weighted by Crippen LogP contribution is 2.17. The molecule has 0 aliphatic carbocycles. The topological polar surface area (TPSA) is 58.4 Å². The third-order valence-corrected chi connectivity index (χ3v) is 2.54. The zero-order chi connectivity index (χ0) is 12.8. The van der Waals surface area contributed by atoms with E-state index in [-0.39, 0.29) is 5.91 Å². The molecule has 94 valence electrons. The summed E-state index contributed by atoms with van der Waals surface area (Å²) in [5.41, 5.74) is 8.18. The van der Waals surface area contributed by atoms with Crippen LogP contribution in [0.5, 0.6) is 0 Å². The highest BCUT2D eigenvalue weighted by atomic mass is 16.2. The summed E-state index contributed by atoms with van der Waals surface area (Å²) in [4.78, 5) is 13.8. The zero-order valence-corrected chi connectivity index (χ0v) is 10.8. The Hall–Kier alpha value is -1.55. The van der Waals surface area contributed by atoms with Crippen molar-refractivity contribution in [2.75, 3.05) is 31.2 Å². The summed E-state index contributed by atoms with van der Waals surface area (Å²) in [5, 5.41) is 2.89. The quantitative estimate of drug-likeness (QED) is 0.766. The number of hydrogen-bond donors (Lipinski definition) is 2. The maximum absolute atomic E-state index is 11.8. The highest BCUT2D eigenvalue weighted by molar-refractivity contribution is 5.93. The Morgan fingerprint density at radius 2 is 2.18 bits per heavy atom. The average molecular weight is 235 g/mol. The zero-order valence-electron chi connectivity index (χ0n) is 10.8. The summed E-state index contributed by atoms with van der Waals surface area (Å²) < 4.78 is 0. The first-order valence-corrected chi connectivity index (χ1v) is 5.87. The number of nitrogens with zero attached hydrogens (tertiary/aromatic N) is 1. The third kappa shape index (κ3) is 4.44. The Labute approximate surface area is 103 Å². The summed E-state index contributed by atoms with van der Waals surface area (Å²) in [6.07, 6.45) is 1.05. The number of aryl methyl sites for hydroxylation is 1. The molecule has 17 heavy (non-hydrogen) atoms. The number of nitrogens with one attached hydrogen (secondary N) is 1. The molecule has 0 heterocycles. The minimum Gasteiger partial charge on any atom is -0.399 e. The number of anilines is 2. The first-order chi connectivity index (χ1) is 8.02. The van der Waals surface area contributed by atoms with Crippen LogP contribution in [0, 0.1) is 6.92 Å². The van der Waals surface area contributed by atoms with Crippen molar-refractivity contribution < 1.29 is 4.79 Å². The van der Waals surface area contributed by atoms with Crippen molar-refractivity contribution in [3.8, 4) is 0 Å². The maximum atomic E-state index is 11.8. The molecule has 0 aliphatic rings. The molecule has 0 spiro atoms. The minimum atomic E-state index is 0.00817. The van der Waals surface area contributed by atoms with Gasteiger partial charge in [0.15, 0.2) is 0 Å². The number of nitrogen functional groups attached to an aromatic ring is 1. The van der Waals surface area contributed by atoms with Crippen molar-refractivity contribution in [3.05, 3.63) is 23.8 Å². The lowest BCUT2D eigenvalue weighted by Gasteiger charge is -2.15. The largest absolute Gasteiger partial charge is 0.399 e. The van der Waals surface area contributed by atoms with Gasteiger partial charge < -0.3 is 11.1 Å². The first kappa shape index (κ1) is 13.5. The van der Waals surface area contributed by atoms with Gasteiger partial charge in [0.1, 0.15) is 0 Å². The summed E-state index contributed by atoms with van der Waals surface area (Å²) in [6, 6.07) is 5.48. The number of hydrogen-bond acceptors (Lipinski definition) is 3. The van der Waals surface area contributed by atoms with Crippen LogP contribution in [0.25, 0.3) is 0 Å². The van der Waals surface area contributed by atoms with E-state index >= 15 is 0 Å². The molecule has 4 nitrogen and oxygen atoms in total. The monoisotopic (exact) mass is 235 g/mol. The minimum absolute atomic E-state index is 0.00817. The van der Waals surface area contributed by atoms with Gasteiger partial charge in [0.2, 0.25) is 5.91 Å². The summed E-state index contributed by atoms with van der Waals surface area (Å²) in [5.74, 6) is 0.00817. The molecule has 0 radical (unpaired) electrons. The number of rotatable bonds is 5. The van der Waals surface area contributed by atoms with Crippen molar-refractivity contribution in [2.45, 2.75) is 20.3 Å². The van der Waals surface area contributed by atoms with Crippen LogP contribution in [0.2, 0.25) is 0 Å². The van der Waals surface area contributed by atoms with Crippen molar-refractivity contribution in [1.82, 2.24) is 4.90 Å². The number of benzene rings is 1. The average Bonchev–Trinajstić information content (AvgIpc) is 2.22. The second kappa shape index (κ2) is 6.25. The van der Waals surface area contributed by atoms with Crippen LogP contribution in [-0.4, -0.2) is 30.9 Å². The van der Waals surface area contributed by atoms with E-state index in [1.54, 1.807) is 6.07 Å². The number of nitrogens with two attached hydrogens (primary N) is 1. The fourth-order valence-corrected chi connectivity index (χ4v) is 1.72. The van der Waals surface area contributed by atoms with Gasteiger partial charge in [-0.3, -0.25) is 9.69 Å². The fraction of sp³-hybridized carbons (Fsp3) is 0.462. The van der Waals surface area contributed by atoms with E-state index in [1.807, 2.05) is 31.0 Å². The molecule has 3 N–H and O–H groups in total. The van der Waals surface area contributed by atoms with Gasteiger partial charge in [-0.15, -0.1) is 0 Å². The molecule has 4 heteroatoms. The smallest absolute Gasteiger partial charge is 0.238 e. The van der Waals surface area contributed by atoms with Gasteiger partial charge in [0, 0.05) is 11.4 Å².